The zero-order valence-electron chi connectivity index (χ0n) is 20.7. The van der Waals surface area contributed by atoms with Gasteiger partial charge in [0.15, 0.2) is 17.3 Å². The van der Waals surface area contributed by atoms with Crippen LogP contribution in [-0.4, -0.2) is 29.4 Å². The number of carbonyl (C=O) groups is 3. The molecule has 1 spiro atoms. The maximum atomic E-state index is 15.6. The van der Waals surface area contributed by atoms with Gasteiger partial charge >= 0.3 is 0 Å². The third-order valence-corrected chi connectivity index (χ3v) is 8.01. The van der Waals surface area contributed by atoms with E-state index in [1.54, 1.807) is 86.4 Å². The molecule has 3 atom stereocenters. The van der Waals surface area contributed by atoms with Gasteiger partial charge in [-0.1, -0.05) is 75.4 Å². The molecule has 0 aromatic heterocycles. The maximum absolute atomic E-state index is 15.6. The number of ketones is 3. The fourth-order valence-electron chi connectivity index (χ4n) is 6.46. The number of hydrogen-bond donors (Lipinski definition) is 0. The van der Waals surface area contributed by atoms with Crippen LogP contribution in [0.4, 0.5) is 14.5 Å². The second kappa shape index (κ2) is 7.78. The van der Waals surface area contributed by atoms with Crippen LogP contribution in [0.25, 0.3) is 6.08 Å². The average molecular weight is 498 g/mol. The number of fused-ring (bicyclic) bond motifs is 5. The van der Waals surface area contributed by atoms with Crippen LogP contribution in [-0.2, 0) is 4.79 Å². The predicted octanol–water partition coefficient (Wildman–Crippen LogP) is 6.01. The average Bonchev–Trinajstić information content (AvgIpc) is 3.29. The van der Waals surface area contributed by atoms with Crippen molar-refractivity contribution in [2.75, 3.05) is 4.90 Å². The van der Waals surface area contributed by atoms with E-state index < -0.39 is 52.0 Å². The second-order valence-corrected chi connectivity index (χ2v) is 11.0. The molecular weight excluding hydrogens is 472 g/mol. The van der Waals surface area contributed by atoms with E-state index in [1.165, 1.54) is 18.2 Å². The molecule has 0 radical (unpaired) electrons. The summed E-state index contributed by atoms with van der Waals surface area (Å²) in [6.07, 6.45) is 3.39. The van der Waals surface area contributed by atoms with E-state index in [4.69, 9.17) is 0 Å². The molecule has 2 aliphatic heterocycles. The van der Waals surface area contributed by atoms with E-state index in [2.05, 4.69) is 0 Å². The molecule has 6 heteroatoms. The van der Waals surface area contributed by atoms with Crippen molar-refractivity contribution in [3.05, 3.63) is 107 Å². The predicted molar refractivity (Wildman–Crippen MR) is 137 cm³/mol. The van der Waals surface area contributed by atoms with Crippen LogP contribution in [0.1, 0.15) is 58.5 Å². The SMILES string of the molecule is CC(C)(C)C(=O)[C@H]1[C@H](c2ccccc2F)C2(C(=O)c3ccccc3C2=O)C2C=Cc3cc(F)ccc3N21. The van der Waals surface area contributed by atoms with Gasteiger partial charge < -0.3 is 4.90 Å². The molecule has 0 amide bonds. The molecule has 3 aromatic carbocycles. The Morgan fingerprint density at radius 3 is 2.14 bits per heavy atom. The number of carbonyl (C=O) groups excluding carboxylic acids is 3. The first-order chi connectivity index (χ1) is 17.6. The summed E-state index contributed by atoms with van der Waals surface area (Å²) in [5.74, 6) is -3.20. The zero-order chi connectivity index (χ0) is 26.3. The highest BCUT2D eigenvalue weighted by Crippen LogP contribution is 2.61. The van der Waals surface area contributed by atoms with Crippen molar-refractivity contribution in [3.63, 3.8) is 0 Å². The number of hydrogen-bond acceptors (Lipinski definition) is 4. The third kappa shape index (κ3) is 3.02. The Hall–Kier alpha value is -3.93. The van der Waals surface area contributed by atoms with E-state index in [-0.39, 0.29) is 22.5 Å². The van der Waals surface area contributed by atoms with Crippen LogP contribution in [0.15, 0.2) is 72.8 Å². The molecule has 1 saturated heterocycles. The van der Waals surface area contributed by atoms with Crippen LogP contribution in [0.2, 0.25) is 0 Å². The summed E-state index contributed by atoms with van der Waals surface area (Å²) >= 11 is 0. The molecule has 4 nitrogen and oxygen atoms in total. The lowest BCUT2D eigenvalue weighted by atomic mass is 9.63. The van der Waals surface area contributed by atoms with Gasteiger partial charge in [0, 0.05) is 33.7 Å². The fraction of sp³-hybridized carbons (Fsp3) is 0.258. The molecule has 3 aromatic rings. The number of rotatable bonds is 2. The fourth-order valence-corrected chi connectivity index (χ4v) is 6.46. The van der Waals surface area contributed by atoms with E-state index in [0.717, 1.165) is 0 Å². The zero-order valence-corrected chi connectivity index (χ0v) is 20.7. The van der Waals surface area contributed by atoms with E-state index in [9.17, 15) is 18.8 Å². The molecule has 186 valence electrons. The summed E-state index contributed by atoms with van der Waals surface area (Å²) in [5.41, 5.74) is -0.879. The molecule has 0 saturated carbocycles. The van der Waals surface area contributed by atoms with Crippen LogP contribution in [0.3, 0.4) is 0 Å². The first-order valence-corrected chi connectivity index (χ1v) is 12.3. The minimum Gasteiger partial charge on any atom is -0.352 e. The topological polar surface area (TPSA) is 54.5 Å². The molecular formula is C31H25F2NO3. The van der Waals surface area contributed by atoms with Crippen molar-refractivity contribution >= 4 is 29.1 Å². The largest absolute Gasteiger partial charge is 0.352 e. The van der Waals surface area contributed by atoms with Gasteiger partial charge in [-0.2, -0.15) is 0 Å². The number of halogens is 2. The lowest BCUT2D eigenvalue weighted by Gasteiger charge is -2.38. The third-order valence-electron chi connectivity index (χ3n) is 8.01. The molecule has 1 aliphatic carbocycles. The van der Waals surface area contributed by atoms with Crippen LogP contribution < -0.4 is 4.90 Å². The number of nitrogens with zero attached hydrogens (tertiary/aromatic N) is 1. The summed E-state index contributed by atoms with van der Waals surface area (Å²) in [5, 5.41) is 0. The van der Waals surface area contributed by atoms with Gasteiger partial charge in [-0.15, -0.1) is 0 Å². The van der Waals surface area contributed by atoms with Gasteiger partial charge in [0.25, 0.3) is 0 Å². The first kappa shape index (κ1) is 23.5. The number of benzene rings is 3. The summed E-state index contributed by atoms with van der Waals surface area (Å²) in [7, 11) is 0. The van der Waals surface area contributed by atoms with Gasteiger partial charge in [-0.3, -0.25) is 14.4 Å². The molecule has 37 heavy (non-hydrogen) atoms. The standard InChI is InChI=1S/C31H25F2NO3/c1-30(2,3)29(37)26-25(21-10-6-7-11-22(21)33)31(27(35)19-8-4-5-9-20(19)28(31)36)24-15-12-17-16-18(32)13-14-23(17)34(24)26/h4-16,24-26H,1-3H3/t24?,25-,26+/m0/s1. The summed E-state index contributed by atoms with van der Waals surface area (Å²) in [6.45, 7) is 5.31. The van der Waals surface area contributed by atoms with Gasteiger partial charge in [0.1, 0.15) is 17.0 Å². The highest BCUT2D eigenvalue weighted by Gasteiger charge is 2.72. The lowest BCUT2D eigenvalue weighted by Crippen LogP contribution is -2.49. The van der Waals surface area contributed by atoms with Crippen LogP contribution in [0, 0.1) is 22.5 Å². The number of Topliss-reactive ketones (excluding diaryl/α,β-unsaturated/α-hetero) is 3. The highest BCUT2D eigenvalue weighted by molar-refractivity contribution is 6.32. The van der Waals surface area contributed by atoms with Crippen molar-refractivity contribution in [2.24, 2.45) is 10.8 Å². The van der Waals surface area contributed by atoms with E-state index in [1.807, 2.05) is 0 Å². The minimum absolute atomic E-state index is 0.145. The van der Waals surface area contributed by atoms with Gasteiger partial charge in [-0.25, -0.2) is 8.78 Å². The molecule has 0 N–H and O–H groups in total. The van der Waals surface area contributed by atoms with Gasteiger partial charge in [-0.05, 0) is 29.8 Å². The Kier molecular flexibility index (Phi) is 4.94. The van der Waals surface area contributed by atoms with Crippen molar-refractivity contribution < 1.29 is 23.2 Å². The van der Waals surface area contributed by atoms with Crippen molar-refractivity contribution in [2.45, 2.75) is 38.8 Å². The number of anilines is 1. The normalized spacial score (nSPS) is 23.3. The molecule has 6 rings (SSSR count). The Labute approximate surface area is 213 Å². The Morgan fingerprint density at radius 2 is 1.51 bits per heavy atom. The highest BCUT2D eigenvalue weighted by atomic mass is 19.1. The van der Waals surface area contributed by atoms with Crippen molar-refractivity contribution in [3.8, 4) is 0 Å². The summed E-state index contributed by atoms with van der Waals surface area (Å²) in [4.78, 5) is 44.8. The first-order valence-electron chi connectivity index (χ1n) is 12.3. The molecule has 2 heterocycles. The second-order valence-electron chi connectivity index (χ2n) is 11.0. The van der Waals surface area contributed by atoms with Crippen molar-refractivity contribution in [1.82, 2.24) is 0 Å². The van der Waals surface area contributed by atoms with E-state index in [0.29, 0.717) is 11.3 Å². The molecule has 1 unspecified atom stereocenters. The van der Waals surface area contributed by atoms with Crippen molar-refractivity contribution in [1.29, 1.82) is 0 Å². The Bertz CT molecular complexity index is 1500. The van der Waals surface area contributed by atoms with Gasteiger partial charge in [0.2, 0.25) is 0 Å². The lowest BCUT2D eigenvalue weighted by molar-refractivity contribution is -0.127. The Balaban J connectivity index is 1.72. The summed E-state index contributed by atoms with van der Waals surface area (Å²) in [6, 6.07) is 15.0. The monoisotopic (exact) mass is 497 g/mol. The minimum atomic E-state index is -1.76. The van der Waals surface area contributed by atoms with E-state index >= 15 is 4.39 Å². The van der Waals surface area contributed by atoms with Gasteiger partial charge in [0.05, 0.1) is 12.1 Å². The maximum Gasteiger partial charge on any atom is 0.180 e. The van der Waals surface area contributed by atoms with Crippen LogP contribution >= 0.6 is 0 Å². The summed E-state index contributed by atoms with van der Waals surface area (Å²) < 4.78 is 29.8. The Morgan fingerprint density at radius 1 is 0.892 bits per heavy atom. The smallest absolute Gasteiger partial charge is 0.180 e. The molecule has 3 aliphatic rings. The quantitative estimate of drug-likeness (QED) is 0.407. The van der Waals surface area contributed by atoms with Crippen LogP contribution in [0.5, 0.6) is 0 Å². The molecule has 1 fully saturated rings. The molecule has 0 bridgehead atoms.